The molecule has 0 aliphatic heterocycles. The third-order valence-electron chi connectivity index (χ3n) is 2.53. The predicted octanol–water partition coefficient (Wildman–Crippen LogP) is 0.796. The zero-order chi connectivity index (χ0) is 14.0. The van der Waals surface area contributed by atoms with Crippen molar-refractivity contribution >= 4 is 16.0 Å². The fourth-order valence-electron chi connectivity index (χ4n) is 1.58. The molecule has 1 heterocycles. The van der Waals surface area contributed by atoms with Crippen LogP contribution in [0.4, 0.5) is 5.95 Å². The number of nitrogens with zero attached hydrogens (tertiary/aromatic N) is 4. The number of nitrogens with one attached hydrogen (secondary N) is 1. The molecule has 0 aliphatic carbocycles. The summed E-state index contributed by atoms with van der Waals surface area (Å²) in [5.41, 5.74) is 0.906. The van der Waals surface area contributed by atoms with Gasteiger partial charge in [0.1, 0.15) is 6.33 Å². The van der Waals surface area contributed by atoms with Gasteiger partial charge in [0.15, 0.2) is 0 Å². The van der Waals surface area contributed by atoms with E-state index >= 15 is 0 Å². The van der Waals surface area contributed by atoms with Gasteiger partial charge in [-0.25, -0.2) is 17.8 Å². The molecule has 7 nitrogen and oxygen atoms in total. The van der Waals surface area contributed by atoms with Gasteiger partial charge < -0.3 is 0 Å². The van der Waals surface area contributed by atoms with E-state index in [0.29, 0.717) is 11.1 Å². The van der Waals surface area contributed by atoms with Gasteiger partial charge >= 0.3 is 0 Å². The second kappa shape index (κ2) is 4.70. The summed E-state index contributed by atoms with van der Waals surface area (Å²) >= 11 is 0. The Morgan fingerprint density at radius 2 is 2.16 bits per heavy atom. The minimum Gasteiger partial charge on any atom is -0.247 e. The molecule has 0 spiro atoms. The molecule has 8 heteroatoms. The van der Waals surface area contributed by atoms with E-state index < -0.39 is 10.0 Å². The fraction of sp³-hybridized carbons (Fsp3) is 0.182. The summed E-state index contributed by atoms with van der Waals surface area (Å²) in [6, 6.07) is 6.33. The molecular weight excluding hydrogens is 266 g/mol. The lowest BCUT2D eigenvalue weighted by Crippen LogP contribution is -2.17. The number of hydrogen-bond acceptors (Lipinski definition) is 5. The highest BCUT2D eigenvalue weighted by Gasteiger charge is 2.19. The Hall–Kier alpha value is -2.40. The average Bonchev–Trinajstić information content (AvgIpc) is 2.73. The van der Waals surface area contributed by atoms with Crippen molar-refractivity contribution in [2.45, 2.75) is 11.8 Å². The van der Waals surface area contributed by atoms with Crippen molar-refractivity contribution < 1.29 is 8.42 Å². The molecule has 0 radical (unpaired) electrons. The molecule has 1 N–H and O–H groups in total. The number of anilines is 1. The molecule has 0 bridgehead atoms. The Labute approximate surface area is 110 Å². The van der Waals surface area contributed by atoms with Crippen molar-refractivity contribution in [3.63, 3.8) is 0 Å². The number of sulfonamides is 1. The van der Waals surface area contributed by atoms with Crippen LogP contribution in [-0.2, 0) is 17.1 Å². The van der Waals surface area contributed by atoms with Gasteiger partial charge in [-0.05, 0) is 30.7 Å². The molecule has 19 heavy (non-hydrogen) atoms. The molecule has 2 rings (SSSR count). The van der Waals surface area contributed by atoms with E-state index in [9.17, 15) is 8.42 Å². The summed E-state index contributed by atoms with van der Waals surface area (Å²) in [6.07, 6.45) is 1.25. The lowest BCUT2D eigenvalue weighted by molar-refractivity contribution is 0.599. The minimum atomic E-state index is -3.74. The van der Waals surface area contributed by atoms with Crippen molar-refractivity contribution in [2.24, 2.45) is 7.05 Å². The van der Waals surface area contributed by atoms with Crippen LogP contribution in [0.25, 0.3) is 0 Å². The highest BCUT2D eigenvalue weighted by Crippen LogP contribution is 2.18. The van der Waals surface area contributed by atoms with Gasteiger partial charge in [0.2, 0.25) is 5.95 Å². The Balaban J connectivity index is 2.41. The lowest BCUT2D eigenvalue weighted by atomic mass is 10.2. The van der Waals surface area contributed by atoms with E-state index in [2.05, 4.69) is 14.8 Å². The summed E-state index contributed by atoms with van der Waals surface area (Å²) in [4.78, 5) is 3.91. The van der Waals surface area contributed by atoms with Crippen LogP contribution < -0.4 is 4.72 Å². The second-order valence-electron chi connectivity index (χ2n) is 3.90. The first-order valence-electron chi connectivity index (χ1n) is 5.31. The number of aryl methyl sites for hydroxylation is 2. The zero-order valence-electron chi connectivity index (χ0n) is 10.3. The molecule has 0 saturated heterocycles. The van der Waals surface area contributed by atoms with Crippen LogP contribution in [0.2, 0.25) is 0 Å². The molecule has 0 aliphatic rings. The van der Waals surface area contributed by atoms with Crippen LogP contribution in [0, 0.1) is 18.3 Å². The van der Waals surface area contributed by atoms with Crippen molar-refractivity contribution in [1.29, 1.82) is 5.26 Å². The van der Waals surface area contributed by atoms with E-state index in [1.807, 2.05) is 6.07 Å². The maximum absolute atomic E-state index is 12.2. The van der Waals surface area contributed by atoms with E-state index in [1.54, 1.807) is 14.0 Å². The Morgan fingerprint density at radius 3 is 2.68 bits per heavy atom. The van der Waals surface area contributed by atoms with Gasteiger partial charge in [0.25, 0.3) is 10.0 Å². The van der Waals surface area contributed by atoms with E-state index in [-0.39, 0.29) is 10.8 Å². The van der Waals surface area contributed by atoms with E-state index in [1.165, 1.54) is 29.2 Å². The Kier molecular flexibility index (Phi) is 3.23. The highest BCUT2D eigenvalue weighted by atomic mass is 32.2. The maximum atomic E-state index is 12.2. The third-order valence-corrected chi connectivity index (χ3v) is 4.02. The molecule has 1 aromatic heterocycles. The van der Waals surface area contributed by atoms with Crippen LogP contribution in [-0.4, -0.2) is 23.2 Å². The fourth-order valence-corrected chi connectivity index (χ4v) is 2.85. The molecule has 1 aromatic carbocycles. The SMILES string of the molecule is Cc1cc(C#N)ccc1S(=O)(=O)Nc1ncnn1C. The molecular formula is C11H11N5O2S. The van der Waals surface area contributed by atoms with E-state index in [0.717, 1.165) is 0 Å². The van der Waals surface area contributed by atoms with Gasteiger partial charge in [0, 0.05) is 7.05 Å². The van der Waals surface area contributed by atoms with Crippen LogP contribution in [0.15, 0.2) is 29.4 Å². The number of benzene rings is 1. The maximum Gasteiger partial charge on any atom is 0.264 e. The average molecular weight is 277 g/mol. The molecule has 0 amide bonds. The smallest absolute Gasteiger partial charge is 0.247 e. The molecule has 0 unspecified atom stereocenters. The lowest BCUT2D eigenvalue weighted by Gasteiger charge is -2.09. The number of nitriles is 1. The largest absolute Gasteiger partial charge is 0.264 e. The first kappa shape index (κ1) is 13.0. The molecule has 2 aromatic rings. The molecule has 0 atom stereocenters. The number of rotatable bonds is 3. The van der Waals surface area contributed by atoms with E-state index in [4.69, 9.17) is 5.26 Å². The predicted molar refractivity (Wildman–Crippen MR) is 67.7 cm³/mol. The zero-order valence-corrected chi connectivity index (χ0v) is 11.1. The Morgan fingerprint density at radius 1 is 1.42 bits per heavy atom. The first-order chi connectivity index (χ1) is 8.94. The van der Waals surface area contributed by atoms with Crippen molar-refractivity contribution in [3.05, 3.63) is 35.7 Å². The van der Waals surface area contributed by atoms with Crippen LogP contribution in [0.1, 0.15) is 11.1 Å². The van der Waals surface area contributed by atoms with Gasteiger partial charge in [-0.15, -0.1) is 0 Å². The third kappa shape index (κ3) is 2.56. The molecule has 0 saturated carbocycles. The molecule has 0 fully saturated rings. The van der Waals surface area contributed by atoms with Gasteiger partial charge in [-0.2, -0.15) is 15.3 Å². The van der Waals surface area contributed by atoms with Crippen molar-refractivity contribution in [3.8, 4) is 6.07 Å². The van der Waals surface area contributed by atoms with Crippen LogP contribution in [0.3, 0.4) is 0 Å². The summed E-state index contributed by atoms with van der Waals surface area (Å²) in [5.74, 6) is 0.128. The second-order valence-corrected chi connectivity index (χ2v) is 5.56. The number of aromatic nitrogens is 3. The van der Waals surface area contributed by atoms with Gasteiger partial charge in [0.05, 0.1) is 16.5 Å². The summed E-state index contributed by atoms with van der Waals surface area (Å²) in [6.45, 7) is 1.63. The topological polar surface area (TPSA) is 101 Å². The standard InChI is InChI=1S/C11H11N5O2S/c1-8-5-9(6-12)3-4-10(8)19(17,18)15-11-13-7-14-16(11)2/h3-5,7H,1-2H3,(H,13,14,15). The Bertz CT molecular complexity index is 758. The molecule has 98 valence electrons. The van der Waals surface area contributed by atoms with Crippen LogP contribution in [0.5, 0.6) is 0 Å². The van der Waals surface area contributed by atoms with Gasteiger partial charge in [-0.3, -0.25) is 0 Å². The normalized spacial score (nSPS) is 11.0. The summed E-state index contributed by atoms with van der Waals surface area (Å²) in [5, 5.41) is 12.5. The summed E-state index contributed by atoms with van der Waals surface area (Å²) < 4.78 is 28.0. The minimum absolute atomic E-state index is 0.106. The first-order valence-corrected chi connectivity index (χ1v) is 6.80. The highest BCUT2D eigenvalue weighted by molar-refractivity contribution is 7.92. The monoisotopic (exact) mass is 277 g/mol. The van der Waals surface area contributed by atoms with Crippen LogP contribution >= 0.6 is 0 Å². The number of hydrogen-bond donors (Lipinski definition) is 1. The van der Waals surface area contributed by atoms with Crippen molar-refractivity contribution in [1.82, 2.24) is 14.8 Å². The quantitative estimate of drug-likeness (QED) is 0.894. The van der Waals surface area contributed by atoms with Gasteiger partial charge in [-0.1, -0.05) is 0 Å². The summed E-state index contributed by atoms with van der Waals surface area (Å²) in [7, 11) is -2.16. The van der Waals surface area contributed by atoms with Crippen molar-refractivity contribution in [2.75, 3.05) is 4.72 Å².